The third kappa shape index (κ3) is 2.69. The molecule has 0 spiro atoms. The number of nitrogens with zero attached hydrogens (tertiary/aromatic N) is 6. The van der Waals surface area contributed by atoms with E-state index >= 15 is 4.39 Å². The Bertz CT molecular complexity index is 1770. The number of nitriles is 1. The van der Waals surface area contributed by atoms with Gasteiger partial charge in [-0.05, 0) is 29.1 Å². The molecule has 6 aromatic rings. The highest BCUT2D eigenvalue weighted by atomic mass is 19.1. The van der Waals surface area contributed by atoms with Crippen LogP contribution in [0.2, 0.25) is 0 Å². The molecule has 0 amide bonds. The van der Waals surface area contributed by atoms with E-state index in [0.717, 1.165) is 16.6 Å². The summed E-state index contributed by atoms with van der Waals surface area (Å²) in [5.41, 5.74) is 10.9. The lowest BCUT2D eigenvalue weighted by molar-refractivity contribution is 0.629. The molecule has 2 N–H and O–H groups in total. The van der Waals surface area contributed by atoms with E-state index in [0.29, 0.717) is 33.4 Å². The molecular formula is C25H16FN7. The molecule has 0 atom stereocenters. The van der Waals surface area contributed by atoms with Crippen LogP contribution in [0.15, 0.2) is 67.3 Å². The van der Waals surface area contributed by atoms with Crippen molar-refractivity contribution >= 4 is 33.1 Å². The van der Waals surface area contributed by atoms with Crippen molar-refractivity contribution in [2.45, 2.75) is 0 Å². The first-order valence-electron chi connectivity index (χ1n) is 10.2. The van der Waals surface area contributed by atoms with Crippen molar-refractivity contribution in [1.29, 1.82) is 5.26 Å². The molecule has 3 heterocycles. The molecule has 7 nitrogen and oxygen atoms in total. The van der Waals surface area contributed by atoms with Crippen molar-refractivity contribution in [3.05, 3.63) is 78.6 Å². The van der Waals surface area contributed by atoms with E-state index in [1.54, 1.807) is 36.5 Å². The SMILES string of the molecule is Cn1ncc(-c2ccc3c(c2)nc(N)c2cncn23)c1-c1c(F)cc2ccccc2c1C#N. The van der Waals surface area contributed by atoms with Crippen molar-refractivity contribution in [2.75, 3.05) is 5.73 Å². The largest absolute Gasteiger partial charge is 0.382 e. The molecule has 158 valence electrons. The third-order valence-electron chi connectivity index (χ3n) is 5.98. The molecule has 0 saturated carbocycles. The first-order valence-corrected chi connectivity index (χ1v) is 10.2. The molecular weight excluding hydrogens is 417 g/mol. The van der Waals surface area contributed by atoms with Crippen LogP contribution in [0.1, 0.15) is 5.56 Å². The number of anilines is 1. The quantitative estimate of drug-likeness (QED) is 0.427. The van der Waals surface area contributed by atoms with E-state index in [1.807, 2.05) is 40.8 Å². The number of halogens is 1. The summed E-state index contributed by atoms with van der Waals surface area (Å²) < 4.78 is 18.9. The van der Waals surface area contributed by atoms with Gasteiger partial charge in [0.05, 0.1) is 46.6 Å². The van der Waals surface area contributed by atoms with E-state index in [4.69, 9.17) is 5.73 Å². The van der Waals surface area contributed by atoms with Gasteiger partial charge in [0.15, 0.2) is 0 Å². The number of fused-ring (bicyclic) bond motifs is 4. The van der Waals surface area contributed by atoms with Gasteiger partial charge in [0, 0.05) is 18.0 Å². The Morgan fingerprint density at radius 3 is 2.76 bits per heavy atom. The van der Waals surface area contributed by atoms with Gasteiger partial charge >= 0.3 is 0 Å². The maximum Gasteiger partial charge on any atom is 0.150 e. The molecule has 0 aliphatic rings. The minimum atomic E-state index is -0.474. The Kier molecular flexibility index (Phi) is 3.94. The van der Waals surface area contributed by atoms with Crippen LogP contribution in [0.4, 0.5) is 10.2 Å². The van der Waals surface area contributed by atoms with E-state index < -0.39 is 5.82 Å². The van der Waals surface area contributed by atoms with Gasteiger partial charge in [-0.1, -0.05) is 30.3 Å². The Labute approximate surface area is 187 Å². The number of aryl methyl sites for hydroxylation is 1. The predicted molar refractivity (Wildman–Crippen MR) is 125 cm³/mol. The Morgan fingerprint density at radius 2 is 1.91 bits per heavy atom. The molecule has 0 bridgehead atoms. The summed E-state index contributed by atoms with van der Waals surface area (Å²) in [6.45, 7) is 0. The van der Waals surface area contributed by atoms with Crippen LogP contribution in [0, 0.1) is 17.1 Å². The topological polar surface area (TPSA) is 97.8 Å². The van der Waals surface area contributed by atoms with Crippen molar-refractivity contribution in [1.82, 2.24) is 24.1 Å². The monoisotopic (exact) mass is 433 g/mol. The molecule has 0 saturated heterocycles. The molecule has 0 unspecified atom stereocenters. The van der Waals surface area contributed by atoms with Crippen LogP contribution in [0.5, 0.6) is 0 Å². The number of hydrogen-bond donors (Lipinski definition) is 1. The molecule has 0 fully saturated rings. The van der Waals surface area contributed by atoms with E-state index in [1.165, 1.54) is 6.07 Å². The summed E-state index contributed by atoms with van der Waals surface area (Å²) in [4.78, 5) is 8.69. The fraction of sp³-hybridized carbons (Fsp3) is 0.0400. The van der Waals surface area contributed by atoms with Gasteiger partial charge < -0.3 is 5.73 Å². The van der Waals surface area contributed by atoms with Crippen LogP contribution >= 0.6 is 0 Å². The second-order valence-electron chi connectivity index (χ2n) is 7.82. The van der Waals surface area contributed by atoms with Crippen molar-refractivity contribution < 1.29 is 4.39 Å². The fourth-order valence-electron chi connectivity index (χ4n) is 4.45. The van der Waals surface area contributed by atoms with Gasteiger partial charge in [-0.2, -0.15) is 10.4 Å². The Hall–Kier alpha value is -4.77. The average Bonchev–Trinajstić information content (AvgIpc) is 3.45. The Morgan fingerprint density at radius 1 is 1.06 bits per heavy atom. The van der Waals surface area contributed by atoms with Gasteiger partial charge in [-0.25, -0.2) is 14.4 Å². The average molecular weight is 433 g/mol. The maximum absolute atomic E-state index is 15.4. The van der Waals surface area contributed by atoms with Crippen LogP contribution < -0.4 is 5.73 Å². The summed E-state index contributed by atoms with van der Waals surface area (Å²) >= 11 is 0. The van der Waals surface area contributed by atoms with Crippen LogP contribution in [-0.2, 0) is 7.05 Å². The zero-order valence-electron chi connectivity index (χ0n) is 17.5. The maximum atomic E-state index is 15.4. The highest BCUT2D eigenvalue weighted by Crippen LogP contribution is 2.39. The highest BCUT2D eigenvalue weighted by Gasteiger charge is 2.22. The number of aromatic nitrogens is 5. The number of benzene rings is 3. The number of nitrogens with two attached hydrogens (primary N) is 1. The van der Waals surface area contributed by atoms with Crippen LogP contribution in [0.3, 0.4) is 0 Å². The number of hydrogen-bond acceptors (Lipinski definition) is 5. The molecule has 0 aliphatic carbocycles. The summed E-state index contributed by atoms with van der Waals surface area (Å²) in [7, 11) is 1.74. The fourth-order valence-corrected chi connectivity index (χ4v) is 4.45. The van der Waals surface area contributed by atoms with Gasteiger partial charge in [0.1, 0.15) is 23.2 Å². The lowest BCUT2D eigenvalue weighted by Gasteiger charge is -2.13. The van der Waals surface area contributed by atoms with E-state index in [9.17, 15) is 5.26 Å². The van der Waals surface area contributed by atoms with Gasteiger partial charge in [-0.3, -0.25) is 9.08 Å². The third-order valence-corrected chi connectivity index (χ3v) is 5.98. The molecule has 33 heavy (non-hydrogen) atoms. The second-order valence-corrected chi connectivity index (χ2v) is 7.82. The van der Waals surface area contributed by atoms with E-state index in [2.05, 4.69) is 21.1 Å². The minimum absolute atomic E-state index is 0.226. The van der Waals surface area contributed by atoms with Crippen molar-refractivity contribution in [2.24, 2.45) is 7.05 Å². The number of rotatable bonds is 2. The molecule has 0 radical (unpaired) electrons. The lowest BCUT2D eigenvalue weighted by Crippen LogP contribution is -2.01. The first kappa shape index (κ1) is 19.0. The first-order chi connectivity index (χ1) is 16.1. The zero-order valence-corrected chi connectivity index (χ0v) is 17.5. The van der Waals surface area contributed by atoms with Crippen molar-refractivity contribution in [3.63, 3.8) is 0 Å². The number of imidazole rings is 1. The number of nitrogen functional groups attached to an aromatic ring is 1. The molecule has 0 aliphatic heterocycles. The van der Waals surface area contributed by atoms with Crippen LogP contribution in [0.25, 0.3) is 49.7 Å². The molecule has 8 heteroatoms. The second kappa shape index (κ2) is 6.87. The van der Waals surface area contributed by atoms with E-state index in [-0.39, 0.29) is 11.1 Å². The highest BCUT2D eigenvalue weighted by molar-refractivity contribution is 5.97. The minimum Gasteiger partial charge on any atom is -0.382 e. The predicted octanol–water partition coefficient (Wildman–Crippen LogP) is 4.70. The van der Waals surface area contributed by atoms with Gasteiger partial charge in [0.25, 0.3) is 0 Å². The molecule has 3 aromatic heterocycles. The summed E-state index contributed by atoms with van der Waals surface area (Å²) in [5, 5.41) is 15.7. The zero-order chi connectivity index (χ0) is 22.7. The summed E-state index contributed by atoms with van der Waals surface area (Å²) in [6, 6.07) is 16.7. The normalized spacial score (nSPS) is 11.4. The smallest absolute Gasteiger partial charge is 0.150 e. The Balaban J connectivity index is 1.63. The van der Waals surface area contributed by atoms with Gasteiger partial charge in [0.2, 0.25) is 0 Å². The summed E-state index contributed by atoms with van der Waals surface area (Å²) in [6.07, 6.45) is 5.03. The standard InChI is InChI=1S/C25H16FN7/c1-32-24(23-17(10-27)16-5-3-2-4-14(16)8-19(23)26)18(11-30-32)15-6-7-21-20(9-15)31-25(28)22-12-29-13-33(21)22/h2-9,11-13H,1H3,(H2,28,31). The summed E-state index contributed by atoms with van der Waals surface area (Å²) in [5.74, 6) is -0.103. The lowest BCUT2D eigenvalue weighted by atomic mass is 9.93. The molecule has 6 rings (SSSR count). The van der Waals surface area contributed by atoms with Crippen LogP contribution in [-0.4, -0.2) is 24.1 Å². The molecule has 3 aromatic carbocycles. The van der Waals surface area contributed by atoms with Crippen molar-refractivity contribution in [3.8, 4) is 28.5 Å². The van der Waals surface area contributed by atoms with Gasteiger partial charge in [-0.15, -0.1) is 0 Å².